The zero-order valence-electron chi connectivity index (χ0n) is 9.11. The minimum atomic E-state index is 0.171. The maximum atomic E-state index is 12.0. The fourth-order valence-electron chi connectivity index (χ4n) is 2.04. The van der Waals surface area contributed by atoms with Crippen molar-refractivity contribution in [1.82, 2.24) is 0 Å². The molecule has 0 radical (unpaired) electrons. The maximum absolute atomic E-state index is 12.0. The van der Waals surface area contributed by atoms with Gasteiger partial charge in [-0.3, -0.25) is 9.59 Å². The second-order valence-electron chi connectivity index (χ2n) is 4.82. The molecule has 0 saturated heterocycles. The Balaban J connectivity index is 1.96. The largest absolute Gasteiger partial charge is 0.294 e. The molecule has 0 amide bonds. The van der Waals surface area contributed by atoms with Crippen LogP contribution >= 0.6 is 0 Å². The third-order valence-corrected chi connectivity index (χ3v) is 3.35. The lowest BCUT2D eigenvalue weighted by molar-refractivity contribution is 0.0934. The summed E-state index contributed by atoms with van der Waals surface area (Å²) in [5.41, 5.74) is 1.31. The quantitative estimate of drug-likeness (QED) is 0.722. The molecule has 1 aromatic carbocycles. The van der Waals surface area contributed by atoms with Crippen molar-refractivity contribution >= 4 is 11.6 Å². The van der Waals surface area contributed by atoms with E-state index in [1.165, 1.54) is 0 Å². The Labute approximate surface area is 94.7 Å². The molecule has 16 heavy (non-hydrogen) atoms. The van der Waals surface area contributed by atoms with Crippen molar-refractivity contribution in [3.63, 3.8) is 0 Å². The molecule has 0 spiro atoms. The smallest absolute Gasteiger partial charge is 0.166 e. The van der Waals surface area contributed by atoms with Gasteiger partial charge in [0.05, 0.1) is 0 Å². The summed E-state index contributed by atoms with van der Waals surface area (Å²) in [6.45, 7) is 0. The summed E-state index contributed by atoms with van der Waals surface area (Å²) in [6, 6.07) is 7.30. The molecule has 0 unspecified atom stereocenters. The number of hydrogen-bond donors (Lipinski definition) is 0. The predicted octanol–water partition coefficient (Wildman–Crippen LogP) is 2.87. The lowest BCUT2D eigenvalue weighted by Crippen LogP contribution is -2.11. The van der Waals surface area contributed by atoms with E-state index in [-0.39, 0.29) is 23.4 Å². The average Bonchev–Trinajstić information content (AvgIpc) is 3.20. The minimum absolute atomic E-state index is 0.171. The Bertz CT molecular complexity index is 411. The zero-order valence-corrected chi connectivity index (χ0v) is 9.11. The third kappa shape index (κ3) is 1.69. The molecule has 0 bridgehead atoms. The Hall–Kier alpha value is -1.44. The molecule has 2 saturated carbocycles. The van der Waals surface area contributed by atoms with Crippen LogP contribution in [0.2, 0.25) is 0 Å². The van der Waals surface area contributed by atoms with Crippen LogP contribution in [0.4, 0.5) is 0 Å². The summed E-state index contributed by atoms with van der Waals surface area (Å²) in [5.74, 6) is 0.718. The Morgan fingerprint density at radius 3 is 1.50 bits per heavy atom. The van der Waals surface area contributed by atoms with Crippen LogP contribution < -0.4 is 0 Å². The number of benzene rings is 1. The molecule has 2 fully saturated rings. The van der Waals surface area contributed by atoms with E-state index in [9.17, 15) is 9.59 Å². The molecular formula is C14H14O2. The van der Waals surface area contributed by atoms with Crippen LogP contribution in [0.25, 0.3) is 0 Å². The maximum Gasteiger partial charge on any atom is 0.166 e. The van der Waals surface area contributed by atoms with Crippen molar-refractivity contribution in [1.29, 1.82) is 0 Å². The van der Waals surface area contributed by atoms with E-state index in [0.717, 1.165) is 25.7 Å². The second-order valence-corrected chi connectivity index (χ2v) is 4.82. The highest BCUT2D eigenvalue weighted by atomic mass is 16.1. The molecule has 2 aliphatic carbocycles. The van der Waals surface area contributed by atoms with Crippen molar-refractivity contribution < 1.29 is 9.59 Å². The highest BCUT2D eigenvalue weighted by molar-refractivity contribution is 6.11. The van der Waals surface area contributed by atoms with Gasteiger partial charge in [-0.25, -0.2) is 0 Å². The van der Waals surface area contributed by atoms with Gasteiger partial charge in [-0.2, -0.15) is 0 Å². The van der Waals surface area contributed by atoms with E-state index in [4.69, 9.17) is 0 Å². The summed E-state index contributed by atoms with van der Waals surface area (Å²) in [5, 5.41) is 0. The molecule has 0 N–H and O–H groups in total. The lowest BCUT2D eigenvalue weighted by Gasteiger charge is -2.06. The number of carbonyl (C=O) groups is 2. The first-order chi connectivity index (χ1) is 7.77. The van der Waals surface area contributed by atoms with Crippen LogP contribution in [0, 0.1) is 11.8 Å². The summed E-state index contributed by atoms with van der Waals surface area (Å²) in [6.07, 6.45) is 3.96. The van der Waals surface area contributed by atoms with Crippen molar-refractivity contribution in [3.05, 3.63) is 35.4 Å². The molecule has 2 nitrogen and oxygen atoms in total. The summed E-state index contributed by atoms with van der Waals surface area (Å²) in [7, 11) is 0. The molecule has 0 atom stereocenters. The standard InChI is InChI=1S/C14H14O2/c15-13(9-5-6-9)11-3-1-2-4-12(11)14(16)10-7-8-10/h1-4,9-10H,5-8H2. The molecule has 0 heterocycles. The van der Waals surface area contributed by atoms with Crippen molar-refractivity contribution in [3.8, 4) is 0 Å². The Morgan fingerprint density at radius 2 is 1.19 bits per heavy atom. The van der Waals surface area contributed by atoms with E-state index >= 15 is 0 Å². The molecule has 2 aliphatic rings. The Morgan fingerprint density at radius 1 is 0.812 bits per heavy atom. The number of rotatable bonds is 4. The average molecular weight is 214 g/mol. The van der Waals surface area contributed by atoms with Gasteiger partial charge in [-0.05, 0) is 25.7 Å². The highest BCUT2D eigenvalue weighted by Crippen LogP contribution is 2.36. The van der Waals surface area contributed by atoms with E-state index in [1.807, 2.05) is 12.1 Å². The van der Waals surface area contributed by atoms with Gasteiger partial charge >= 0.3 is 0 Å². The summed E-state index contributed by atoms with van der Waals surface area (Å²) in [4.78, 5) is 24.0. The van der Waals surface area contributed by atoms with Crippen LogP contribution in [0.5, 0.6) is 0 Å². The molecule has 3 rings (SSSR count). The van der Waals surface area contributed by atoms with Crippen LogP contribution in [-0.4, -0.2) is 11.6 Å². The summed E-state index contributed by atoms with van der Waals surface area (Å²) < 4.78 is 0. The number of carbonyl (C=O) groups excluding carboxylic acids is 2. The van der Waals surface area contributed by atoms with Crippen LogP contribution in [0.15, 0.2) is 24.3 Å². The first kappa shape index (κ1) is 9.76. The number of Topliss-reactive ketones (excluding diaryl/α,β-unsaturated/α-hetero) is 2. The topological polar surface area (TPSA) is 34.1 Å². The number of hydrogen-bond acceptors (Lipinski definition) is 2. The van der Waals surface area contributed by atoms with Crippen LogP contribution in [0.3, 0.4) is 0 Å². The van der Waals surface area contributed by atoms with Gasteiger partial charge in [0.2, 0.25) is 0 Å². The molecular weight excluding hydrogens is 200 g/mol. The Kier molecular flexibility index (Phi) is 2.16. The fourth-order valence-corrected chi connectivity index (χ4v) is 2.04. The first-order valence-corrected chi connectivity index (χ1v) is 5.95. The van der Waals surface area contributed by atoms with Crippen LogP contribution in [0.1, 0.15) is 46.4 Å². The fraction of sp³-hybridized carbons (Fsp3) is 0.429. The molecule has 1 aromatic rings. The van der Waals surface area contributed by atoms with Gasteiger partial charge < -0.3 is 0 Å². The lowest BCUT2D eigenvalue weighted by atomic mass is 9.96. The number of ketones is 2. The third-order valence-electron chi connectivity index (χ3n) is 3.35. The van der Waals surface area contributed by atoms with Crippen LogP contribution in [-0.2, 0) is 0 Å². The zero-order chi connectivity index (χ0) is 11.1. The SMILES string of the molecule is O=C(c1ccccc1C(=O)C1CC1)C1CC1. The van der Waals surface area contributed by atoms with Gasteiger partial charge in [0.15, 0.2) is 11.6 Å². The van der Waals surface area contributed by atoms with E-state index in [1.54, 1.807) is 12.1 Å². The van der Waals surface area contributed by atoms with E-state index < -0.39 is 0 Å². The van der Waals surface area contributed by atoms with Gasteiger partial charge in [-0.1, -0.05) is 24.3 Å². The first-order valence-electron chi connectivity index (χ1n) is 5.95. The van der Waals surface area contributed by atoms with Gasteiger partial charge in [0.25, 0.3) is 0 Å². The summed E-state index contributed by atoms with van der Waals surface area (Å²) >= 11 is 0. The van der Waals surface area contributed by atoms with E-state index in [2.05, 4.69) is 0 Å². The van der Waals surface area contributed by atoms with Crippen molar-refractivity contribution in [2.24, 2.45) is 11.8 Å². The molecule has 0 aliphatic heterocycles. The molecule has 2 heteroatoms. The minimum Gasteiger partial charge on any atom is -0.294 e. The monoisotopic (exact) mass is 214 g/mol. The normalized spacial score (nSPS) is 19.5. The predicted molar refractivity (Wildman–Crippen MR) is 60.6 cm³/mol. The van der Waals surface area contributed by atoms with Crippen molar-refractivity contribution in [2.45, 2.75) is 25.7 Å². The molecule has 82 valence electrons. The van der Waals surface area contributed by atoms with E-state index in [0.29, 0.717) is 11.1 Å². The highest BCUT2D eigenvalue weighted by Gasteiger charge is 2.36. The second kappa shape index (κ2) is 3.55. The van der Waals surface area contributed by atoms with Gasteiger partial charge in [0.1, 0.15) is 0 Å². The molecule has 0 aromatic heterocycles. The van der Waals surface area contributed by atoms with Crippen molar-refractivity contribution in [2.75, 3.05) is 0 Å². The van der Waals surface area contributed by atoms with Gasteiger partial charge in [0, 0.05) is 23.0 Å². The van der Waals surface area contributed by atoms with Gasteiger partial charge in [-0.15, -0.1) is 0 Å².